The van der Waals surface area contributed by atoms with E-state index in [1.807, 2.05) is 0 Å². The summed E-state index contributed by atoms with van der Waals surface area (Å²) in [7, 11) is 2.45. The van der Waals surface area contributed by atoms with Crippen LogP contribution in [0, 0.1) is 0 Å². The average Bonchev–Trinajstić information content (AvgIpc) is 2.66. The van der Waals surface area contributed by atoms with Crippen LogP contribution >= 0.6 is 31.9 Å². The first-order chi connectivity index (χ1) is 12.1. The molecular weight excluding hydrogens is 478 g/mol. The molecule has 0 bridgehead atoms. The van der Waals surface area contributed by atoms with Gasteiger partial charge < -0.3 is 9.47 Å². The van der Waals surface area contributed by atoms with Crippen molar-refractivity contribution >= 4 is 43.8 Å². The summed E-state index contributed by atoms with van der Waals surface area (Å²) in [6.07, 6.45) is 0. The van der Waals surface area contributed by atoms with E-state index in [1.165, 1.54) is 62.8 Å². The third-order valence-electron chi connectivity index (χ3n) is 3.73. The summed E-state index contributed by atoms with van der Waals surface area (Å²) < 4.78 is 34.5. The van der Waals surface area contributed by atoms with E-state index in [4.69, 9.17) is 0 Å². The fraction of sp³-hybridized carbons (Fsp3) is 0.222. The maximum absolute atomic E-state index is 15.3. The van der Waals surface area contributed by atoms with Gasteiger partial charge in [0.05, 0.1) is 25.3 Å². The summed E-state index contributed by atoms with van der Waals surface area (Å²) in [6, 6.07) is 10.4. The molecule has 0 amide bonds. The quantitative estimate of drug-likeness (QED) is 0.436. The Labute approximate surface area is 165 Å². The van der Waals surface area contributed by atoms with Crippen molar-refractivity contribution in [2.75, 3.05) is 14.2 Å². The molecule has 0 heterocycles. The van der Waals surface area contributed by atoms with Crippen molar-refractivity contribution in [3.63, 3.8) is 0 Å². The van der Waals surface area contributed by atoms with Gasteiger partial charge in [0, 0.05) is 11.1 Å². The van der Waals surface area contributed by atoms with Crippen molar-refractivity contribution in [1.82, 2.24) is 0 Å². The van der Waals surface area contributed by atoms with Crippen LogP contribution in [0.2, 0.25) is 0 Å². The fourth-order valence-electron chi connectivity index (χ4n) is 2.23. The Morgan fingerprint density at radius 1 is 0.731 bits per heavy atom. The highest BCUT2D eigenvalue weighted by atomic mass is 79.9. The van der Waals surface area contributed by atoms with E-state index in [-0.39, 0.29) is 22.3 Å². The molecule has 0 unspecified atom stereocenters. The van der Waals surface area contributed by atoms with Crippen LogP contribution in [0.1, 0.15) is 31.8 Å². The predicted octanol–water partition coefficient (Wildman–Crippen LogP) is 4.99. The molecule has 2 rings (SSSR count). The summed E-state index contributed by atoms with van der Waals surface area (Å²) in [6.45, 7) is 0. The molecule has 2 atom stereocenters. The van der Waals surface area contributed by atoms with Crippen LogP contribution in [0.4, 0.5) is 8.78 Å². The van der Waals surface area contributed by atoms with Crippen LogP contribution in [0.15, 0.2) is 48.5 Å². The van der Waals surface area contributed by atoms with Gasteiger partial charge >= 0.3 is 11.9 Å². The van der Waals surface area contributed by atoms with Gasteiger partial charge in [0.1, 0.15) is 0 Å². The molecule has 0 saturated carbocycles. The molecule has 26 heavy (non-hydrogen) atoms. The van der Waals surface area contributed by atoms with Crippen LogP contribution < -0.4 is 0 Å². The van der Waals surface area contributed by atoms with Gasteiger partial charge in [-0.1, -0.05) is 24.3 Å². The lowest BCUT2D eigenvalue weighted by Crippen LogP contribution is -2.32. The van der Waals surface area contributed by atoms with Gasteiger partial charge in [-0.25, -0.2) is 18.4 Å². The topological polar surface area (TPSA) is 52.6 Å². The van der Waals surface area contributed by atoms with E-state index in [0.717, 1.165) is 0 Å². The van der Waals surface area contributed by atoms with Crippen LogP contribution in [0.3, 0.4) is 0 Å². The molecule has 2 aromatic carbocycles. The third kappa shape index (κ3) is 3.81. The largest absolute Gasteiger partial charge is 0.465 e. The van der Waals surface area contributed by atoms with Crippen molar-refractivity contribution in [3.05, 3.63) is 70.8 Å². The monoisotopic (exact) mass is 490 g/mol. The number of rotatable bonds is 5. The molecule has 0 aliphatic heterocycles. The highest BCUT2D eigenvalue weighted by Gasteiger charge is 2.53. The number of halogens is 4. The van der Waals surface area contributed by atoms with Crippen LogP contribution in [-0.2, 0) is 18.6 Å². The SMILES string of the molecule is COC(=O)c1ccc([C@@](F)(Br)[C@](F)(Br)c2ccc(C(=O)OC)cc2)cc1. The summed E-state index contributed by atoms with van der Waals surface area (Å²) in [5.41, 5.74) is 0.310. The van der Waals surface area contributed by atoms with Crippen LogP contribution in [-0.4, -0.2) is 26.2 Å². The summed E-state index contributed by atoms with van der Waals surface area (Å²) in [5.74, 6) is -1.17. The molecule has 0 aliphatic rings. The molecule has 2 aromatic rings. The smallest absolute Gasteiger partial charge is 0.337 e. The first-order valence-corrected chi connectivity index (χ1v) is 8.87. The normalized spacial score (nSPS) is 15.5. The zero-order chi connectivity index (χ0) is 19.5. The Bertz CT molecular complexity index is 733. The second-order valence-corrected chi connectivity index (χ2v) is 7.47. The number of alkyl halides is 4. The van der Waals surface area contributed by atoms with Gasteiger partial charge in [-0.05, 0) is 56.1 Å². The second kappa shape index (κ2) is 7.84. The minimum absolute atomic E-state index is 0.0541. The minimum atomic E-state index is -2.65. The lowest BCUT2D eigenvalue weighted by molar-refractivity contribution is 0.0591. The zero-order valence-corrected chi connectivity index (χ0v) is 16.9. The Morgan fingerprint density at radius 2 is 1.00 bits per heavy atom. The van der Waals surface area contributed by atoms with Gasteiger partial charge in [-0.15, -0.1) is 0 Å². The van der Waals surface area contributed by atoms with Crippen molar-refractivity contribution in [2.24, 2.45) is 0 Å². The number of hydrogen-bond donors (Lipinski definition) is 0. The van der Waals surface area contributed by atoms with E-state index in [9.17, 15) is 9.59 Å². The molecular formula is C18H14Br2F2O4. The minimum Gasteiger partial charge on any atom is -0.465 e. The van der Waals surface area contributed by atoms with Gasteiger partial charge in [-0.3, -0.25) is 0 Å². The van der Waals surface area contributed by atoms with Gasteiger partial charge in [0.15, 0.2) is 0 Å². The van der Waals surface area contributed by atoms with Crippen molar-refractivity contribution in [1.29, 1.82) is 0 Å². The number of carbonyl (C=O) groups is 2. The molecule has 8 heteroatoms. The summed E-state index contributed by atoms with van der Waals surface area (Å²) in [5, 5.41) is 0. The Kier molecular flexibility index (Phi) is 6.18. The molecule has 138 valence electrons. The summed E-state index contributed by atoms with van der Waals surface area (Å²) >= 11 is 5.58. The molecule has 4 nitrogen and oxygen atoms in total. The summed E-state index contributed by atoms with van der Waals surface area (Å²) in [4.78, 5) is 22.9. The molecule has 0 aliphatic carbocycles. The second-order valence-electron chi connectivity index (χ2n) is 5.29. The lowest BCUT2D eigenvalue weighted by atomic mass is 9.98. The number of benzene rings is 2. The van der Waals surface area contributed by atoms with Crippen LogP contribution in [0.25, 0.3) is 0 Å². The van der Waals surface area contributed by atoms with Crippen LogP contribution in [0.5, 0.6) is 0 Å². The predicted molar refractivity (Wildman–Crippen MR) is 99.0 cm³/mol. The van der Waals surface area contributed by atoms with E-state index in [1.54, 1.807) is 0 Å². The van der Waals surface area contributed by atoms with Gasteiger partial charge in [-0.2, -0.15) is 0 Å². The molecule has 0 radical (unpaired) electrons. The lowest BCUT2D eigenvalue weighted by Gasteiger charge is -2.31. The number of methoxy groups -OCH3 is 2. The van der Waals surface area contributed by atoms with Crippen molar-refractivity contribution in [2.45, 2.75) is 9.16 Å². The van der Waals surface area contributed by atoms with E-state index in [2.05, 4.69) is 41.3 Å². The molecule has 0 saturated heterocycles. The maximum atomic E-state index is 15.3. The maximum Gasteiger partial charge on any atom is 0.337 e. The van der Waals surface area contributed by atoms with Crippen molar-refractivity contribution < 1.29 is 27.8 Å². The molecule has 0 aromatic heterocycles. The highest BCUT2D eigenvalue weighted by molar-refractivity contribution is 9.12. The first-order valence-electron chi connectivity index (χ1n) is 7.28. The zero-order valence-electron chi connectivity index (χ0n) is 13.8. The van der Waals surface area contributed by atoms with Crippen molar-refractivity contribution in [3.8, 4) is 0 Å². The highest BCUT2D eigenvalue weighted by Crippen LogP contribution is 2.55. The average molecular weight is 492 g/mol. The number of esters is 2. The van der Waals surface area contributed by atoms with Gasteiger partial charge in [0.25, 0.3) is 0 Å². The van der Waals surface area contributed by atoms with E-state index in [0.29, 0.717) is 0 Å². The molecule has 0 N–H and O–H groups in total. The first kappa shape index (κ1) is 20.5. The standard InChI is InChI=1S/C18H14Br2F2O4/c1-25-15(23)11-3-7-13(8-4-11)17(19,21)18(20,22)14-9-5-12(6-10-14)16(24)26-2/h3-10H,1-2H3/t17-,18-/m0/s1. The Hall–Kier alpha value is -1.80. The number of carbonyl (C=O) groups excluding carboxylic acids is 2. The number of hydrogen-bond acceptors (Lipinski definition) is 4. The Morgan fingerprint density at radius 3 is 1.23 bits per heavy atom. The Balaban J connectivity index is 2.36. The number of ether oxygens (including phenoxy) is 2. The van der Waals surface area contributed by atoms with E-state index < -0.39 is 21.1 Å². The van der Waals surface area contributed by atoms with E-state index >= 15 is 8.78 Å². The molecule has 0 fully saturated rings. The third-order valence-corrected chi connectivity index (χ3v) is 6.27. The van der Waals surface area contributed by atoms with Gasteiger partial charge in [0.2, 0.25) is 9.16 Å². The fourth-order valence-corrected chi connectivity index (χ4v) is 3.22. The molecule has 0 spiro atoms.